The first-order valence-corrected chi connectivity index (χ1v) is 11.0. The lowest BCUT2D eigenvalue weighted by atomic mass is 10.2. The molecular weight excluding hydrogens is 412 g/mol. The minimum Gasteiger partial charge on any atom is -0.497 e. The average molecular weight is 439 g/mol. The van der Waals surface area contributed by atoms with E-state index in [-0.39, 0.29) is 5.91 Å². The van der Waals surface area contributed by atoms with Crippen molar-refractivity contribution in [3.63, 3.8) is 0 Å². The zero-order chi connectivity index (χ0) is 21.8. The van der Waals surface area contributed by atoms with Crippen LogP contribution in [0.4, 0.5) is 16.5 Å². The minimum absolute atomic E-state index is 0.0325. The van der Waals surface area contributed by atoms with Crippen LogP contribution in [0.1, 0.15) is 16.1 Å². The first-order valence-electron chi connectivity index (χ1n) is 10.1. The number of carbonyl (C=O) groups excluding carboxylic acids is 1. The number of amides is 1. The van der Waals surface area contributed by atoms with Crippen molar-refractivity contribution in [1.29, 1.82) is 0 Å². The number of carbonyl (C=O) groups is 1. The fourth-order valence-electron chi connectivity index (χ4n) is 3.60. The molecule has 7 nitrogen and oxygen atoms in total. The normalized spacial score (nSPS) is 13.8. The summed E-state index contributed by atoms with van der Waals surface area (Å²) in [6, 6.07) is 14.0. The number of rotatable bonds is 6. The standard InChI is InChI=1S/C23H26N4O3S/c1-16-5-4-6-17(13-16)26-9-11-27(12-10-26)22(28)20-15-31-23(25-20)24-19-8-7-18(29-2)14-21(19)30-3/h4-8,13-15H,9-12H2,1-3H3,(H,24,25). The number of aryl methyl sites for hydroxylation is 1. The molecule has 1 aromatic heterocycles. The summed E-state index contributed by atoms with van der Waals surface area (Å²) in [7, 11) is 3.22. The monoisotopic (exact) mass is 438 g/mol. The Labute approximate surface area is 186 Å². The first-order chi connectivity index (χ1) is 15.1. The van der Waals surface area contributed by atoms with Gasteiger partial charge in [0.2, 0.25) is 0 Å². The highest BCUT2D eigenvalue weighted by Crippen LogP contribution is 2.32. The number of piperazine rings is 1. The van der Waals surface area contributed by atoms with Gasteiger partial charge in [-0.1, -0.05) is 12.1 Å². The number of methoxy groups -OCH3 is 2. The van der Waals surface area contributed by atoms with Crippen molar-refractivity contribution in [1.82, 2.24) is 9.88 Å². The zero-order valence-corrected chi connectivity index (χ0v) is 18.7. The van der Waals surface area contributed by atoms with Gasteiger partial charge in [-0.05, 0) is 36.8 Å². The van der Waals surface area contributed by atoms with E-state index in [1.165, 1.54) is 22.6 Å². The van der Waals surface area contributed by atoms with E-state index >= 15 is 0 Å². The van der Waals surface area contributed by atoms with E-state index in [0.29, 0.717) is 35.4 Å². The van der Waals surface area contributed by atoms with E-state index in [4.69, 9.17) is 9.47 Å². The summed E-state index contributed by atoms with van der Waals surface area (Å²) < 4.78 is 10.6. The molecule has 3 aromatic rings. The predicted octanol–water partition coefficient (Wildman–Crippen LogP) is 4.17. The smallest absolute Gasteiger partial charge is 0.273 e. The highest BCUT2D eigenvalue weighted by Gasteiger charge is 2.24. The Morgan fingerprint density at radius 3 is 2.58 bits per heavy atom. The van der Waals surface area contributed by atoms with Gasteiger partial charge in [0.05, 0.1) is 19.9 Å². The van der Waals surface area contributed by atoms with Gasteiger partial charge in [-0.2, -0.15) is 0 Å². The number of ether oxygens (including phenoxy) is 2. The van der Waals surface area contributed by atoms with Crippen molar-refractivity contribution in [2.75, 3.05) is 50.6 Å². The molecule has 0 aliphatic carbocycles. The Bertz CT molecular complexity index is 1060. The van der Waals surface area contributed by atoms with Gasteiger partial charge in [0.1, 0.15) is 17.2 Å². The lowest BCUT2D eigenvalue weighted by Crippen LogP contribution is -2.48. The van der Waals surface area contributed by atoms with Gasteiger partial charge in [0.15, 0.2) is 5.13 Å². The molecule has 2 aromatic carbocycles. The van der Waals surface area contributed by atoms with Gasteiger partial charge >= 0.3 is 0 Å². The molecule has 1 N–H and O–H groups in total. The summed E-state index contributed by atoms with van der Waals surface area (Å²) >= 11 is 1.40. The molecule has 0 spiro atoms. The first kappa shape index (κ1) is 21.0. The number of benzene rings is 2. The molecule has 1 fully saturated rings. The Morgan fingerprint density at radius 2 is 1.87 bits per heavy atom. The van der Waals surface area contributed by atoms with Crippen molar-refractivity contribution < 1.29 is 14.3 Å². The number of hydrogen-bond donors (Lipinski definition) is 1. The summed E-state index contributed by atoms with van der Waals surface area (Å²) in [5.74, 6) is 1.33. The molecule has 0 bridgehead atoms. The van der Waals surface area contributed by atoms with E-state index in [2.05, 4.69) is 46.4 Å². The predicted molar refractivity (Wildman–Crippen MR) is 124 cm³/mol. The van der Waals surface area contributed by atoms with E-state index in [1.807, 2.05) is 17.0 Å². The number of nitrogens with zero attached hydrogens (tertiary/aromatic N) is 3. The van der Waals surface area contributed by atoms with Crippen LogP contribution in [0.25, 0.3) is 0 Å². The molecule has 1 aliphatic rings. The van der Waals surface area contributed by atoms with Crippen LogP contribution >= 0.6 is 11.3 Å². The molecule has 31 heavy (non-hydrogen) atoms. The highest BCUT2D eigenvalue weighted by molar-refractivity contribution is 7.14. The van der Waals surface area contributed by atoms with Gasteiger partial charge in [0.25, 0.3) is 5.91 Å². The van der Waals surface area contributed by atoms with E-state index in [1.54, 1.807) is 25.7 Å². The third-order valence-electron chi connectivity index (χ3n) is 5.31. The molecule has 1 amide bonds. The Kier molecular flexibility index (Phi) is 6.27. The van der Waals surface area contributed by atoms with Crippen LogP contribution in [-0.4, -0.2) is 56.2 Å². The highest BCUT2D eigenvalue weighted by atomic mass is 32.1. The summed E-state index contributed by atoms with van der Waals surface area (Å²) in [5, 5.41) is 5.68. The number of thiazole rings is 1. The third-order valence-corrected chi connectivity index (χ3v) is 6.07. The molecule has 162 valence electrons. The summed E-state index contributed by atoms with van der Waals surface area (Å²) in [6.45, 7) is 5.08. The van der Waals surface area contributed by atoms with Crippen LogP contribution in [0, 0.1) is 6.92 Å². The maximum atomic E-state index is 13.0. The Hall–Kier alpha value is -3.26. The topological polar surface area (TPSA) is 66.9 Å². The quantitative estimate of drug-likeness (QED) is 0.623. The van der Waals surface area contributed by atoms with E-state index in [9.17, 15) is 4.79 Å². The number of anilines is 3. The number of nitrogens with one attached hydrogen (secondary N) is 1. The van der Waals surface area contributed by atoms with Gasteiger partial charge in [-0.15, -0.1) is 11.3 Å². The van der Waals surface area contributed by atoms with Gasteiger partial charge in [-0.25, -0.2) is 4.98 Å². The van der Waals surface area contributed by atoms with Crippen molar-refractivity contribution in [3.8, 4) is 11.5 Å². The molecule has 4 rings (SSSR count). The van der Waals surface area contributed by atoms with Crippen molar-refractivity contribution in [3.05, 3.63) is 59.1 Å². The second-order valence-corrected chi connectivity index (χ2v) is 8.21. The molecule has 1 aliphatic heterocycles. The van der Waals surface area contributed by atoms with Crippen molar-refractivity contribution in [2.45, 2.75) is 6.92 Å². The maximum Gasteiger partial charge on any atom is 0.273 e. The van der Waals surface area contributed by atoms with Crippen molar-refractivity contribution in [2.24, 2.45) is 0 Å². The molecule has 1 saturated heterocycles. The molecule has 0 radical (unpaired) electrons. The number of aromatic nitrogens is 1. The largest absolute Gasteiger partial charge is 0.497 e. The molecule has 2 heterocycles. The minimum atomic E-state index is -0.0325. The third kappa shape index (κ3) is 4.74. The SMILES string of the molecule is COc1ccc(Nc2nc(C(=O)N3CCN(c4cccc(C)c4)CC3)cs2)c(OC)c1. The summed E-state index contributed by atoms with van der Waals surface area (Å²) in [6.07, 6.45) is 0. The number of hydrogen-bond acceptors (Lipinski definition) is 7. The molecular formula is C23H26N4O3S. The fourth-order valence-corrected chi connectivity index (χ4v) is 4.30. The van der Waals surface area contributed by atoms with Crippen LogP contribution in [0.5, 0.6) is 11.5 Å². The molecule has 0 unspecified atom stereocenters. The fraction of sp³-hybridized carbons (Fsp3) is 0.304. The maximum absolute atomic E-state index is 13.0. The zero-order valence-electron chi connectivity index (χ0n) is 17.9. The molecule has 0 atom stereocenters. The summed E-state index contributed by atoms with van der Waals surface area (Å²) in [4.78, 5) is 21.6. The van der Waals surface area contributed by atoms with E-state index in [0.717, 1.165) is 18.8 Å². The molecule has 0 saturated carbocycles. The van der Waals surface area contributed by atoms with Crippen LogP contribution < -0.4 is 19.7 Å². The Morgan fingerprint density at radius 1 is 1.06 bits per heavy atom. The van der Waals surface area contributed by atoms with Crippen LogP contribution in [0.3, 0.4) is 0 Å². The van der Waals surface area contributed by atoms with Gasteiger partial charge < -0.3 is 24.6 Å². The second kappa shape index (κ2) is 9.26. The van der Waals surface area contributed by atoms with Crippen LogP contribution in [0.2, 0.25) is 0 Å². The van der Waals surface area contributed by atoms with E-state index < -0.39 is 0 Å². The van der Waals surface area contributed by atoms with Crippen LogP contribution in [-0.2, 0) is 0 Å². The Balaban J connectivity index is 1.39. The lowest BCUT2D eigenvalue weighted by Gasteiger charge is -2.36. The van der Waals surface area contributed by atoms with Gasteiger partial charge in [-0.3, -0.25) is 4.79 Å². The summed E-state index contributed by atoms with van der Waals surface area (Å²) in [5.41, 5.74) is 3.68. The van der Waals surface area contributed by atoms with Crippen LogP contribution in [0.15, 0.2) is 47.8 Å². The average Bonchev–Trinajstić information content (AvgIpc) is 3.27. The lowest BCUT2D eigenvalue weighted by molar-refractivity contribution is 0.0742. The van der Waals surface area contributed by atoms with Crippen molar-refractivity contribution >= 4 is 33.8 Å². The second-order valence-electron chi connectivity index (χ2n) is 7.35. The van der Waals surface area contributed by atoms with Gasteiger partial charge in [0, 0.05) is 43.3 Å². The molecule has 8 heteroatoms.